The van der Waals surface area contributed by atoms with Gasteiger partial charge in [-0.1, -0.05) is 79.9 Å². The molecule has 0 spiro atoms. The lowest BCUT2D eigenvalue weighted by Crippen LogP contribution is -2.59. The average molecular weight is 428 g/mol. The zero-order valence-corrected chi connectivity index (χ0v) is 19.8. The molecule has 0 aromatic heterocycles. The maximum atomic E-state index is 10.6. The summed E-state index contributed by atoms with van der Waals surface area (Å²) < 4.78 is 1.33. The van der Waals surface area contributed by atoms with E-state index in [-0.39, 0.29) is 0 Å². The molecule has 1 unspecified atom stereocenters. The first kappa shape index (κ1) is 21.7. The normalized spacial score (nSPS) is 30.7. The summed E-state index contributed by atoms with van der Waals surface area (Å²) in [5.41, 5.74) is 1.77. The third-order valence-corrected chi connectivity index (χ3v) is 9.41. The molecule has 1 saturated carbocycles. The fourth-order valence-corrected chi connectivity index (χ4v) is 7.70. The van der Waals surface area contributed by atoms with Crippen LogP contribution in [0.3, 0.4) is 0 Å². The van der Waals surface area contributed by atoms with Gasteiger partial charge >= 0.3 is 0 Å². The highest BCUT2D eigenvalue weighted by Gasteiger charge is 2.53. The van der Waals surface area contributed by atoms with Crippen molar-refractivity contribution in [2.75, 3.05) is 13.6 Å². The fraction of sp³-hybridized carbons (Fsp3) is 0.567. The molecule has 1 aliphatic carbocycles. The van der Waals surface area contributed by atoms with E-state index in [1.165, 1.54) is 68.8 Å². The molecule has 2 aromatic rings. The molecule has 2 aliphatic heterocycles. The van der Waals surface area contributed by atoms with Gasteiger partial charge in [0, 0.05) is 31.6 Å². The summed E-state index contributed by atoms with van der Waals surface area (Å²) in [5.74, 6) is 1.57. The van der Waals surface area contributed by atoms with E-state index >= 15 is 0 Å². The molecule has 2 heterocycles. The Bertz CT molecular complexity index is 869. The van der Waals surface area contributed by atoms with Gasteiger partial charge in [-0.05, 0) is 36.3 Å². The van der Waals surface area contributed by atoms with Crippen molar-refractivity contribution < 1.29 is 4.48 Å². The van der Waals surface area contributed by atoms with Crippen LogP contribution >= 0.6 is 0 Å². The van der Waals surface area contributed by atoms with Crippen LogP contribution in [0.25, 0.3) is 0 Å². The Morgan fingerprint density at radius 2 is 1.31 bits per heavy atom. The maximum Gasteiger partial charge on any atom is 0.107 e. The summed E-state index contributed by atoms with van der Waals surface area (Å²) in [5, 5.41) is 10.6. The zero-order chi connectivity index (χ0) is 22.0. The molecule has 2 saturated heterocycles. The lowest BCUT2D eigenvalue weighted by Gasteiger charge is -2.50. The van der Waals surface area contributed by atoms with Gasteiger partial charge in [0.05, 0.1) is 31.7 Å². The van der Waals surface area contributed by atoms with Gasteiger partial charge < -0.3 is 4.48 Å². The summed E-state index contributed by atoms with van der Waals surface area (Å²) in [7, 11) is 2.58. The average Bonchev–Trinajstić information content (AvgIpc) is 3.00. The molecule has 3 aliphatic rings. The summed E-state index contributed by atoms with van der Waals surface area (Å²) in [4.78, 5) is 0. The summed E-state index contributed by atoms with van der Waals surface area (Å²) in [6.07, 6.45) is 13.6. The van der Waals surface area contributed by atoms with Gasteiger partial charge in [-0.2, -0.15) is 5.26 Å². The van der Waals surface area contributed by atoms with Crippen LogP contribution < -0.4 is 0 Å². The van der Waals surface area contributed by atoms with E-state index in [9.17, 15) is 5.26 Å². The third-order valence-electron chi connectivity index (χ3n) is 9.41. The fourth-order valence-electron chi connectivity index (χ4n) is 7.70. The number of quaternary nitrogens is 1. The summed E-state index contributed by atoms with van der Waals surface area (Å²) in [6, 6.07) is 25.6. The number of benzene rings is 2. The van der Waals surface area contributed by atoms with Crippen molar-refractivity contribution >= 4 is 0 Å². The molecule has 2 heteroatoms. The first-order valence-corrected chi connectivity index (χ1v) is 13.0. The molecular weight excluding hydrogens is 388 g/mol. The molecular formula is C30H39N2+. The van der Waals surface area contributed by atoms with Crippen molar-refractivity contribution in [1.29, 1.82) is 5.26 Å². The van der Waals surface area contributed by atoms with E-state index in [2.05, 4.69) is 73.8 Å². The predicted molar refractivity (Wildman–Crippen MR) is 131 cm³/mol. The number of nitrogens with zero attached hydrogens (tertiary/aromatic N) is 2. The standard InChI is InChI=1S/C30H39N2/c1-32(22-24-11-5-2-6-12-24)28-17-18-29(32)20-25(19-28)21-30(23-31,26-13-7-3-8-14-26)27-15-9-4-10-16-27/h3-4,7-10,13-16,24-25,28-29H,2,5-6,11-12,17-22H2,1H3/q+1/t25-,28+,29-,32?. The van der Waals surface area contributed by atoms with Crippen LogP contribution in [-0.2, 0) is 5.41 Å². The Hall–Kier alpha value is -2.11. The van der Waals surface area contributed by atoms with E-state index in [0.29, 0.717) is 5.92 Å². The van der Waals surface area contributed by atoms with Crippen LogP contribution in [0.1, 0.15) is 75.3 Å². The second-order valence-electron chi connectivity index (χ2n) is 11.2. The highest BCUT2D eigenvalue weighted by molar-refractivity contribution is 5.45. The van der Waals surface area contributed by atoms with Crippen molar-refractivity contribution in [3.8, 4) is 6.07 Å². The SMILES string of the molecule is C[N+]1(CC2CCCCC2)[C@@H]2CC[C@H]1C[C@@H](CC(C#N)(c1ccccc1)c1ccccc1)C2. The summed E-state index contributed by atoms with van der Waals surface area (Å²) in [6.45, 7) is 1.41. The van der Waals surface area contributed by atoms with Crippen molar-refractivity contribution in [3.05, 3.63) is 71.8 Å². The van der Waals surface area contributed by atoms with Crippen LogP contribution in [0, 0.1) is 23.2 Å². The zero-order valence-electron chi connectivity index (χ0n) is 19.8. The number of nitriles is 1. The van der Waals surface area contributed by atoms with Gasteiger partial charge in [0.2, 0.25) is 0 Å². The predicted octanol–water partition coefficient (Wildman–Crippen LogP) is 6.85. The van der Waals surface area contributed by atoms with Gasteiger partial charge in [-0.15, -0.1) is 0 Å². The maximum absolute atomic E-state index is 10.6. The lowest BCUT2D eigenvalue weighted by molar-refractivity contribution is -0.952. The molecule has 0 amide bonds. The monoisotopic (exact) mass is 427 g/mol. The number of hydrogen-bond acceptors (Lipinski definition) is 1. The minimum absolute atomic E-state index is 0.545. The van der Waals surface area contributed by atoms with E-state index in [1.54, 1.807) is 0 Å². The smallest absolute Gasteiger partial charge is 0.107 e. The van der Waals surface area contributed by atoms with Crippen molar-refractivity contribution in [2.24, 2.45) is 11.8 Å². The van der Waals surface area contributed by atoms with Crippen molar-refractivity contribution in [3.63, 3.8) is 0 Å². The van der Waals surface area contributed by atoms with Crippen LogP contribution in [0.15, 0.2) is 60.7 Å². The Balaban J connectivity index is 1.39. The highest BCUT2D eigenvalue weighted by atomic mass is 15.4. The topological polar surface area (TPSA) is 23.8 Å². The Morgan fingerprint density at radius 3 is 1.81 bits per heavy atom. The molecule has 168 valence electrons. The quantitative estimate of drug-likeness (QED) is 0.462. The third kappa shape index (κ3) is 3.90. The lowest BCUT2D eigenvalue weighted by atomic mass is 9.67. The van der Waals surface area contributed by atoms with Crippen LogP contribution in [0.4, 0.5) is 0 Å². The Morgan fingerprint density at radius 1 is 0.781 bits per heavy atom. The minimum Gasteiger partial charge on any atom is -0.321 e. The second kappa shape index (κ2) is 9.03. The number of fused-ring (bicyclic) bond motifs is 2. The minimum atomic E-state index is -0.545. The van der Waals surface area contributed by atoms with Crippen LogP contribution in [0.5, 0.6) is 0 Å². The first-order valence-electron chi connectivity index (χ1n) is 13.0. The second-order valence-corrected chi connectivity index (χ2v) is 11.2. The van der Waals surface area contributed by atoms with E-state index in [1.807, 2.05) is 0 Å². The largest absolute Gasteiger partial charge is 0.321 e. The first-order chi connectivity index (χ1) is 15.6. The number of piperidine rings is 1. The Labute approximate surface area is 194 Å². The molecule has 0 N–H and O–H groups in total. The highest BCUT2D eigenvalue weighted by Crippen LogP contribution is 2.49. The van der Waals surface area contributed by atoms with Gasteiger partial charge in [0.15, 0.2) is 0 Å². The molecule has 3 fully saturated rings. The van der Waals surface area contributed by atoms with E-state index < -0.39 is 5.41 Å². The molecule has 2 bridgehead atoms. The Kier molecular flexibility index (Phi) is 6.13. The van der Waals surface area contributed by atoms with Crippen molar-refractivity contribution in [1.82, 2.24) is 0 Å². The van der Waals surface area contributed by atoms with E-state index in [4.69, 9.17) is 0 Å². The molecule has 4 atom stereocenters. The van der Waals surface area contributed by atoms with Gasteiger partial charge in [-0.3, -0.25) is 0 Å². The molecule has 32 heavy (non-hydrogen) atoms. The molecule has 2 aromatic carbocycles. The molecule has 2 nitrogen and oxygen atoms in total. The summed E-state index contributed by atoms with van der Waals surface area (Å²) >= 11 is 0. The van der Waals surface area contributed by atoms with Crippen LogP contribution in [-0.4, -0.2) is 30.2 Å². The van der Waals surface area contributed by atoms with Crippen molar-refractivity contribution in [2.45, 2.75) is 81.7 Å². The molecule has 5 rings (SSSR count). The van der Waals surface area contributed by atoms with Gasteiger partial charge in [0.1, 0.15) is 5.41 Å². The van der Waals surface area contributed by atoms with Crippen LogP contribution in [0.2, 0.25) is 0 Å². The van der Waals surface area contributed by atoms with Gasteiger partial charge in [-0.25, -0.2) is 0 Å². The van der Waals surface area contributed by atoms with E-state index in [0.717, 1.165) is 35.5 Å². The number of hydrogen-bond donors (Lipinski definition) is 0. The molecule has 0 radical (unpaired) electrons. The van der Waals surface area contributed by atoms with Gasteiger partial charge in [0.25, 0.3) is 0 Å². The number of rotatable bonds is 6.